The van der Waals surface area contributed by atoms with Gasteiger partial charge >= 0.3 is 12.3 Å². The fourth-order valence-electron chi connectivity index (χ4n) is 3.48. The number of carbonyl (C=O) groups is 1. The van der Waals surface area contributed by atoms with E-state index in [1.807, 2.05) is 26.8 Å². The maximum atomic E-state index is 13.0. The molecule has 3 rings (SSSR count). The van der Waals surface area contributed by atoms with Gasteiger partial charge in [0.25, 0.3) is 0 Å². The highest BCUT2D eigenvalue weighted by Crippen LogP contribution is 2.44. The second-order valence-corrected chi connectivity index (χ2v) is 8.82. The normalized spacial score (nSPS) is 17.4. The maximum Gasteiger partial charge on any atom is 0.410 e. The molecule has 0 spiro atoms. The van der Waals surface area contributed by atoms with Crippen LogP contribution in [0.25, 0.3) is 0 Å². The Morgan fingerprint density at radius 2 is 1.89 bits per heavy atom. The van der Waals surface area contributed by atoms with E-state index >= 15 is 0 Å². The lowest BCUT2D eigenvalue weighted by Crippen LogP contribution is -2.40. The molecule has 5 nitrogen and oxygen atoms in total. The summed E-state index contributed by atoms with van der Waals surface area (Å²) in [5.74, 6) is 0.451. The zero-order valence-corrected chi connectivity index (χ0v) is 17.7. The minimum absolute atomic E-state index is 0.175. The molecule has 156 valence electrons. The Hall–Kier alpha value is -1.64. The average molecular weight is 465 g/mol. The number of anilines is 1. The van der Waals surface area contributed by atoms with Crippen LogP contribution in [0.4, 0.5) is 23.7 Å². The third kappa shape index (κ3) is 4.85. The van der Waals surface area contributed by atoms with Gasteiger partial charge in [-0.25, -0.2) is 4.79 Å². The summed E-state index contributed by atoms with van der Waals surface area (Å²) in [5, 5.41) is 0. The van der Waals surface area contributed by atoms with Gasteiger partial charge in [0, 0.05) is 17.6 Å². The van der Waals surface area contributed by atoms with E-state index in [1.54, 1.807) is 4.90 Å². The monoisotopic (exact) mass is 464 g/mol. The predicted octanol–water partition coefficient (Wildman–Crippen LogP) is 4.55. The van der Waals surface area contributed by atoms with Crippen molar-refractivity contribution in [3.05, 3.63) is 21.7 Å². The molecule has 0 radical (unpaired) electrons. The van der Waals surface area contributed by atoms with Gasteiger partial charge in [0.2, 0.25) is 0 Å². The maximum absolute atomic E-state index is 13.0. The van der Waals surface area contributed by atoms with Gasteiger partial charge in [-0.05, 0) is 66.7 Å². The van der Waals surface area contributed by atoms with Crippen molar-refractivity contribution < 1.29 is 27.4 Å². The molecule has 28 heavy (non-hydrogen) atoms. The molecule has 2 aliphatic heterocycles. The highest BCUT2D eigenvalue weighted by Gasteiger charge is 2.35. The second kappa shape index (κ2) is 7.65. The zero-order chi connectivity index (χ0) is 20.7. The molecular formula is C19H24BrF3N2O3. The van der Waals surface area contributed by atoms with Crippen LogP contribution in [0.3, 0.4) is 0 Å². The molecule has 9 heteroatoms. The lowest BCUT2D eigenvalue weighted by molar-refractivity contribution is -0.120. The first-order valence-electron chi connectivity index (χ1n) is 9.21. The molecule has 0 saturated carbocycles. The van der Waals surface area contributed by atoms with E-state index in [9.17, 15) is 18.0 Å². The van der Waals surface area contributed by atoms with Crippen LogP contribution in [0.15, 0.2) is 10.5 Å². The van der Waals surface area contributed by atoms with Gasteiger partial charge in [-0.1, -0.05) is 0 Å². The summed E-state index contributed by atoms with van der Waals surface area (Å²) in [4.78, 5) is 15.4. The number of hydrogen-bond donors (Lipinski definition) is 0. The summed E-state index contributed by atoms with van der Waals surface area (Å²) in [7, 11) is 0. The van der Waals surface area contributed by atoms with Crippen molar-refractivity contribution in [3.8, 4) is 5.75 Å². The molecule has 0 unspecified atom stereocenters. The van der Waals surface area contributed by atoms with E-state index in [1.165, 1.54) is 4.90 Å². The third-order valence-electron chi connectivity index (χ3n) is 4.64. The number of benzene rings is 1. The topological polar surface area (TPSA) is 42.0 Å². The number of carbonyl (C=O) groups excluding carboxylic acids is 1. The number of hydrogen-bond acceptors (Lipinski definition) is 4. The van der Waals surface area contributed by atoms with E-state index in [0.29, 0.717) is 41.8 Å². The number of nitrogens with zero attached hydrogens (tertiary/aromatic N) is 2. The number of rotatable bonds is 1. The molecule has 2 aliphatic rings. The molecule has 0 bridgehead atoms. The summed E-state index contributed by atoms with van der Waals surface area (Å²) < 4.78 is 50.7. The van der Waals surface area contributed by atoms with Crippen LogP contribution in [0.1, 0.15) is 31.9 Å². The number of ether oxygens (including phenoxy) is 2. The van der Waals surface area contributed by atoms with E-state index in [-0.39, 0.29) is 19.2 Å². The van der Waals surface area contributed by atoms with Crippen molar-refractivity contribution in [3.63, 3.8) is 0 Å². The minimum atomic E-state index is -4.30. The Morgan fingerprint density at radius 3 is 2.54 bits per heavy atom. The minimum Gasteiger partial charge on any atom is -0.490 e. The van der Waals surface area contributed by atoms with Crippen molar-refractivity contribution in [2.24, 2.45) is 0 Å². The SMILES string of the molecule is CC(C)(C)OC(=O)N1CCc2cc3c(c(Br)c2CC1)N(CC(F)(F)F)CCO3. The first-order valence-corrected chi connectivity index (χ1v) is 10.0. The van der Waals surface area contributed by atoms with E-state index in [2.05, 4.69) is 15.9 Å². The number of fused-ring (bicyclic) bond motifs is 2. The molecule has 0 N–H and O–H groups in total. The zero-order valence-electron chi connectivity index (χ0n) is 16.2. The first kappa shape index (κ1) is 21.1. The highest BCUT2D eigenvalue weighted by molar-refractivity contribution is 9.10. The lowest BCUT2D eigenvalue weighted by atomic mass is 10.0. The molecule has 0 saturated heterocycles. The standard InChI is InChI=1S/C19H24BrF3N2O3/c1-18(2,3)28-17(26)24-6-4-12-10-14-16(15(20)13(12)5-7-24)25(8-9-27-14)11-19(21,22)23/h10H,4-9,11H2,1-3H3. The molecule has 0 aliphatic carbocycles. The highest BCUT2D eigenvalue weighted by atomic mass is 79.9. The third-order valence-corrected chi connectivity index (χ3v) is 5.49. The molecule has 2 heterocycles. The molecule has 1 aromatic carbocycles. The molecule has 1 aromatic rings. The van der Waals surface area contributed by atoms with Crippen LogP contribution in [-0.2, 0) is 17.6 Å². The van der Waals surface area contributed by atoms with E-state index in [4.69, 9.17) is 9.47 Å². The summed E-state index contributed by atoms with van der Waals surface area (Å²) in [5.41, 5.74) is 1.75. The number of alkyl halides is 3. The van der Waals surface area contributed by atoms with Gasteiger partial charge in [0.1, 0.15) is 24.5 Å². The predicted molar refractivity (Wildman–Crippen MR) is 103 cm³/mol. The van der Waals surface area contributed by atoms with Crippen LogP contribution in [0.2, 0.25) is 0 Å². The summed E-state index contributed by atoms with van der Waals surface area (Å²) in [6.07, 6.45) is -3.56. The Bertz CT molecular complexity index is 762. The van der Waals surface area contributed by atoms with Crippen molar-refractivity contribution >= 4 is 27.7 Å². The van der Waals surface area contributed by atoms with Crippen LogP contribution < -0.4 is 9.64 Å². The summed E-state index contributed by atoms with van der Waals surface area (Å²) >= 11 is 3.52. The van der Waals surface area contributed by atoms with E-state index < -0.39 is 18.3 Å². The van der Waals surface area contributed by atoms with Gasteiger partial charge in [-0.15, -0.1) is 0 Å². The fraction of sp³-hybridized carbons (Fsp3) is 0.632. The number of halogens is 4. The quantitative estimate of drug-likeness (QED) is 0.611. The van der Waals surface area contributed by atoms with Gasteiger partial charge in [-0.2, -0.15) is 13.2 Å². The van der Waals surface area contributed by atoms with Crippen LogP contribution in [0.5, 0.6) is 5.75 Å². The largest absolute Gasteiger partial charge is 0.490 e. The van der Waals surface area contributed by atoms with Crippen LogP contribution in [-0.4, -0.2) is 55.6 Å². The molecule has 1 amide bonds. The lowest BCUT2D eigenvalue weighted by Gasteiger charge is -2.34. The van der Waals surface area contributed by atoms with Crippen molar-refractivity contribution in [2.75, 3.05) is 37.7 Å². The second-order valence-electron chi connectivity index (χ2n) is 8.03. The van der Waals surface area contributed by atoms with Gasteiger partial charge in [-0.3, -0.25) is 0 Å². The average Bonchev–Trinajstić information content (AvgIpc) is 2.75. The Kier molecular flexibility index (Phi) is 5.76. The van der Waals surface area contributed by atoms with Gasteiger partial charge < -0.3 is 19.3 Å². The van der Waals surface area contributed by atoms with Gasteiger partial charge in [0.15, 0.2) is 0 Å². The Labute approximate surface area is 170 Å². The molecular weight excluding hydrogens is 441 g/mol. The van der Waals surface area contributed by atoms with Gasteiger partial charge in [0.05, 0.1) is 12.2 Å². The number of amides is 1. The van der Waals surface area contributed by atoms with Crippen molar-refractivity contribution in [2.45, 2.75) is 45.4 Å². The van der Waals surface area contributed by atoms with Crippen LogP contribution in [0, 0.1) is 0 Å². The smallest absolute Gasteiger partial charge is 0.410 e. The Morgan fingerprint density at radius 1 is 1.21 bits per heavy atom. The fourth-order valence-corrected chi connectivity index (χ4v) is 4.38. The van der Waals surface area contributed by atoms with E-state index in [0.717, 1.165) is 11.1 Å². The van der Waals surface area contributed by atoms with Crippen LogP contribution >= 0.6 is 15.9 Å². The summed E-state index contributed by atoms with van der Waals surface area (Å²) in [6.45, 7) is 5.73. The van der Waals surface area contributed by atoms with Crippen molar-refractivity contribution in [1.82, 2.24) is 4.90 Å². The summed E-state index contributed by atoms with van der Waals surface area (Å²) in [6, 6.07) is 1.82. The Balaban J connectivity index is 1.86. The molecule has 0 aromatic heterocycles. The molecule has 0 atom stereocenters. The van der Waals surface area contributed by atoms with Crippen molar-refractivity contribution in [1.29, 1.82) is 0 Å². The first-order chi connectivity index (χ1) is 12.9. The molecule has 0 fully saturated rings.